The molecule has 0 aliphatic heterocycles. The quantitative estimate of drug-likeness (QED) is 0.786. The van der Waals surface area contributed by atoms with Gasteiger partial charge >= 0.3 is 0 Å². The number of aryl methyl sites for hydroxylation is 2. The Kier molecular flexibility index (Phi) is 2.97. The number of hydrogen-bond donors (Lipinski definition) is 0. The van der Waals surface area contributed by atoms with Crippen LogP contribution in [0.2, 0.25) is 5.02 Å². The largest absolute Gasteiger partial charge is 0.275 e. The molecule has 0 bridgehead atoms. The van der Waals surface area contributed by atoms with Crippen molar-refractivity contribution in [2.75, 3.05) is 0 Å². The Labute approximate surface area is 98.7 Å². The third kappa shape index (κ3) is 2.25. The van der Waals surface area contributed by atoms with E-state index in [-0.39, 0.29) is 5.82 Å². The maximum Gasteiger partial charge on any atom is 0.123 e. The maximum atomic E-state index is 13.1. The highest BCUT2D eigenvalue weighted by Crippen LogP contribution is 2.21. The second kappa shape index (κ2) is 4.26. The maximum absolute atomic E-state index is 13.1. The summed E-state index contributed by atoms with van der Waals surface area (Å²) in [5.74, 6) is -0.263. The summed E-state index contributed by atoms with van der Waals surface area (Å²) in [6, 6.07) is 4.41. The van der Waals surface area contributed by atoms with Gasteiger partial charge in [0.15, 0.2) is 0 Å². The summed E-state index contributed by atoms with van der Waals surface area (Å²) in [7, 11) is 1.86. The minimum absolute atomic E-state index is 0.263. The molecule has 0 saturated heterocycles. The fourth-order valence-corrected chi connectivity index (χ4v) is 1.89. The van der Waals surface area contributed by atoms with Crippen molar-refractivity contribution < 1.29 is 4.39 Å². The van der Waals surface area contributed by atoms with Crippen molar-refractivity contribution in [3.8, 4) is 0 Å². The predicted octanol–water partition coefficient (Wildman–Crippen LogP) is 3.11. The molecule has 2 rings (SSSR count). The normalized spacial score (nSPS) is 10.8. The smallest absolute Gasteiger partial charge is 0.123 e. The zero-order valence-corrected chi connectivity index (χ0v) is 9.92. The average molecular weight is 239 g/mol. The van der Waals surface area contributed by atoms with E-state index in [0.717, 1.165) is 16.8 Å². The topological polar surface area (TPSA) is 17.8 Å². The fourth-order valence-electron chi connectivity index (χ4n) is 1.71. The molecule has 2 nitrogen and oxygen atoms in total. The molecule has 1 heterocycles. The Morgan fingerprint density at radius 3 is 2.75 bits per heavy atom. The van der Waals surface area contributed by atoms with Gasteiger partial charge in [0.1, 0.15) is 5.82 Å². The Morgan fingerprint density at radius 2 is 2.12 bits per heavy atom. The third-order valence-corrected chi connectivity index (χ3v) is 2.87. The zero-order valence-electron chi connectivity index (χ0n) is 9.17. The van der Waals surface area contributed by atoms with E-state index in [4.69, 9.17) is 11.6 Å². The van der Waals surface area contributed by atoms with Crippen molar-refractivity contribution in [1.29, 1.82) is 0 Å². The minimum atomic E-state index is -0.263. The molecule has 16 heavy (non-hydrogen) atoms. The van der Waals surface area contributed by atoms with Crippen LogP contribution in [0.3, 0.4) is 0 Å². The molecule has 0 spiro atoms. The standard InChI is InChI=1S/C12H12ClFN2/c1-8-10(7-16(2)15-8)5-9-6-11(14)3-4-12(9)13/h3-4,6-7H,5H2,1-2H3. The van der Waals surface area contributed by atoms with Crippen molar-refractivity contribution in [1.82, 2.24) is 9.78 Å². The molecule has 4 heteroatoms. The summed E-state index contributed by atoms with van der Waals surface area (Å²) in [4.78, 5) is 0. The van der Waals surface area contributed by atoms with Gasteiger partial charge in [-0.2, -0.15) is 5.10 Å². The zero-order chi connectivity index (χ0) is 11.7. The van der Waals surface area contributed by atoms with Crippen molar-refractivity contribution in [3.05, 3.63) is 52.1 Å². The molecular formula is C12H12ClFN2. The van der Waals surface area contributed by atoms with Crippen LogP contribution >= 0.6 is 11.6 Å². The van der Waals surface area contributed by atoms with Crippen LogP contribution in [0.5, 0.6) is 0 Å². The lowest BCUT2D eigenvalue weighted by Gasteiger charge is -2.03. The van der Waals surface area contributed by atoms with Crippen LogP contribution in [0.15, 0.2) is 24.4 Å². The highest BCUT2D eigenvalue weighted by atomic mass is 35.5. The van der Waals surface area contributed by atoms with Crippen LogP contribution in [0, 0.1) is 12.7 Å². The summed E-state index contributed by atoms with van der Waals surface area (Å²) in [6.07, 6.45) is 2.53. The first-order valence-electron chi connectivity index (χ1n) is 4.99. The van der Waals surface area contributed by atoms with Gasteiger partial charge in [-0.25, -0.2) is 4.39 Å². The number of hydrogen-bond acceptors (Lipinski definition) is 1. The molecule has 1 aromatic carbocycles. The Morgan fingerprint density at radius 1 is 1.38 bits per heavy atom. The summed E-state index contributed by atoms with van der Waals surface area (Å²) in [6.45, 7) is 1.93. The van der Waals surface area contributed by atoms with Crippen molar-refractivity contribution in [2.45, 2.75) is 13.3 Å². The minimum Gasteiger partial charge on any atom is -0.275 e. The number of benzene rings is 1. The molecule has 0 aliphatic rings. The summed E-state index contributed by atoms with van der Waals surface area (Å²) >= 11 is 6.01. The van der Waals surface area contributed by atoms with Crippen LogP contribution in [0.25, 0.3) is 0 Å². The van der Waals surface area contributed by atoms with Crippen molar-refractivity contribution in [3.63, 3.8) is 0 Å². The van der Waals surface area contributed by atoms with E-state index in [2.05, 4.69) is 5.10 Å². The van der Waals surface area contributed by atoms with Gasteiger partial charge in [0.05, 0.1) is 5.69 Å². The molecule has 0 amide bonds. The fraction of sp³-hybridized carbons (Fsp3) is 0.250. The monoisotopic (exact) mass is 238 g/mol. The number of aromatic nitrogens is 2. The number of rotatable bonds is 2. The Hall–Kier alpha value is -1.35. The summed E-state index contributed by atoms with van der Waals surface area (Å²) < 4.78 is 14.8. The van der Waals surface area contributed by atoms with Gasteiger partial charge < -0.3 is 0 Å². The first-order valence-corrected chi connectivity index (χ1v) is 5.37. The lowest BCUT2D eigenvalue weighted by Crippen LogP contribution is -1.91. The SMILES string of the molecule is Cc1nn(C)cc1Cc1cc(F)ccc1Cl. The molecule has 0 unspecified atom stereocenters. The van der Waals surface area contributed by atoms with Gasteiger partial charge in [0.25, 0.3) is 0 Å². The number of halogens is 2. The second-order valence-electron chi connectivity index (χ2n) is 3.83. The van der Waals surface area contributed by atoms with Crippen LogP contribution in [-0.4, -0.2) is 9.78 Å². The first kappa shape index (κ1) is 11.1. The van der Waals surface area contributed by atoms with E-state index < -0.39 is 0 Å². The van der Waals surface area contributed by atoms with Gasteiger partial charge in [-0.05, 0) is 36.2 Å². The first-order chi connectivity index (χ1) is 7.56. The van der Waals surface area contributed by atoms with E-state index >= 15 is 0 Å². The summed E-state index contributed by atoms with van der Waals surface area (Å²) in [5, 5.41) is 4.83. The lowest BCUT2D eigenvalue weighted by atomic mass is 10.1. The second-order valence-corrected chi connectivity index (χ2v) is 4.23. The predicted molar refractivity (Wildman–Crippen MR) is 62.2 cm³/mol. The van der Waals surface area contributed by atoms with Crippen LogP contribution in [-0.2, 0) is 13.5 Å². The molecule has 0 aliphatic carbocycles. The molecule has 2 aromatic rings. The van der Waals surface area contributed by atoms with E-state index in [1.165, 1.54) is 12.1 Å². The molecule has 0 atom stereocenters. The van der Waals surface area contributed by atoms with Crippen molar-refractivity contribution in [2.24, 2.45) is 7.05 Å². The highest BCUT2D eigenvalue weighted by molar-refractivity contribution is 6.31. The Balaban J connectivity index is 2.33. The van der Waals surface area contributed by atoms with E-state index in [1.54, 1.807) is 10.7 Å². The van der Waals surface area contributed by atoms with Gasteiger partial charge in [0.2, 0.25) is 0 Å². The van der Waals surface area contributed by atoms with Gasteiger partial charge in [-0.15, -0.1) is 0 Å². The molecule has 0 fully saturated rings. The van der Waals surface area contributed by atoms with Gasteiger partial charge in [0, 0.05) is 24.7 Å². The lowest BCUT2D eigenvalue weighted by molar-refractivity contribution is 0.626. The molecular weight excluding hydrogens is 227 g/mol. The molecule has 0 saturated carbocycles. The highest BCUT2D eigenvalue weighted by Gasteiger charge is 2.08. The summed E-state index contributed by atoms with van der Waals surface area (Å²) in [5.41, 5.74) is 2.80. The van der Waals surface area contributed by atoms with Gasteiger partial charge in [-0.1, -0.05) is 11.6 Å². The van der Waals surface area contributed by atoms with E-state index in [1.807, 2.05) is 20.2 Å². The third-order valence-electron chi connectivity index (χ3n) is 2.50. The molecule has 0 N–H and O–H groups in total. The average Bonchev–Trinajstić information content (AvgIpc) is 2.51. The molecule has 1 aromatic heterocycles. The van der Waals surface area contributed by atoms with Gasteiger partial charge in [-0.3, -0.25) is 4.68 Å². The molecule has 84 valence electrons. The number of nitrogens with zero attached hydrogens (tertiary/aromatic N) is 2. The molecule has 0 radical (unpaired) electrons. The van der Waals surface area contributed by atoms with Crippen LogP contribution < -0.4 is 0 Å². The van der Waals surface area contributed by atoms with E-state index in [0.29, 0.717) is 11.4 Å². The van der Waals surface area contributed by atoms with Crippen LogP contribution in [0.4, 0.5) is 4.39 Å². The van der Waals surface area contributed by atoms with Crippen molar-refractivity contribution >= 4 is 11.6 Å². The van der Waals surface area contributed by atoms with Crippen LogP contribution in [0.1, 0.15) is 16.8 Å². The Bertz CT molecular complexity index is 520. The van der Waals surface area contributed by atoms with E-state index in [9.17, 15) is 4.39 Å².